The highest BCUT2D eigenvalue weighted by molar-refractivity contribution is 5.05. The van der Waals surface area contributed by atoms with E-state index >= 15 is 0 Å². The summed E-state index contributed by atoms with van der Waals surface area (Å²) in [5.41, 5.74) is 6.82. The molecule has 3 N–H and O–H groups in total. The van der Waals surface area contributed by atoms with Crippen LogP contribution in [0.5, 0.6) is 0 Å². The second-order valence-corrected chi connectivity index (χ2v) is 8.79. The van der Waals surface area contributed by atoms with Gasteiger partial charge in [0.15, 0.2) is 0 Å². The average Bonchev–Trinajstić information content (AvgIpc) is 2.37. The molecule has 0 radical (unpaired) electrons. The van der Waals surface area contributed by atoms with Crippen molar-refractivity contribution in [3.63, 3.8) is 0 Å². The quantitative estimate of drug-likeness (QED) is 0.828. The molecule has 2 heteroatoms. The molecule has 0 amide bonds. The summed E-state index contributed by atoms with van der Waals surface area (Å²) >= 11 is 0. The Balaban J connectivity index is 1.44. The highest BCUT2D eigenvalue weighted by atomic mass is 15.0. The largest absolute Gasteiger partial charge is 0.328 e. The van der Waals surface area contributed by atoms with E-state index < -0.39 is 0 Å². The molecule has 5 fully saturated rings. The minimum atomic E-state index is 0.449. The molecule has 5 rings (SSSR count). The zero-order valence-corrected chi connectivity index (χ0v) is 13.1. The van der Waals surface area contributed by atoms with Gasteiger partial charge in [0, 0.05) is 18.1 Å². The van der Waals surface area contributed by atoms with Crippen LogP contribution in [-0.2, 0) is 0 Å². The predicted octanol–water partition coefficient (Wildman–Crippen LogP) is 3.45. The topological polar surface area (TPSA) is 38.0 Å². The van der Waals surface area contributed by atoms with Crippen LogP contribution in [-0.4, -0.2) is 18.1 Å². The standard InChI is InChI=1S/C18H32N2/c1-12(20-17-4-2-3-16(19)8-17)18-9-13-5-14(10-18)7-15(6-13)11-18/h12-17,20H,2-11,19H2,1H3. The van der Waals surface area contributed by atoms with E-state index in [1.807, 2.05) is 0 Å². The molecule has 3 atom stereocenters. The molecule has 0 heterocycles. The van der Waals surface area contributed by atoms with Crippen molar-refractivity contribution in [1.82, 2.24) is 5.32 Å². The van der Waals surface area contributed by atoms with Crippen LogP contribution in [0.15, 0.2) is 0 Å². The molecule has 0 aromatic heterocycles. The molecule has 114 valence electrons. The molecule has 0 saturated heterocycles. The van der Waals surface area contributed by atoms with Gasteiger partial charge in [0.2, 0.25) is 0 Å². The minimum Gasteiger partial charge on any atom is -0.328 e. The van der Waals surface area contributed by atoms with Crippen molar-refractivity contribution in [1.29, 1.82) is 0 Å². The Morgan fingerprint density at radius 3 is 2.10 bits per heavy atom. The molecule has 5 aliphatic carbocycles. The first-order valence-corrected chi connectivity index (χ1v) is 9.14. The monoisotopic (exact) mass is 276 g/mol. The molecule has 0 aliphatic heterocycles. The second kappa shape index (κ2) is 4.98. The van der Waals surface area contributed by atoms with Gasteiger partial charge in [-0.05, 0) is 87.9 Å². The van der Waals surface area contributed by atoms with Crippen LogP contribution >= 0.6 is 0 Å². The third-order valence-corrected chi connectivity index (χ3v) is 7.20. The fourth-order valence-corrected chi connectivity index (χ4v) is 6.62. The summed E-state index contributed by atoms with van der Waals surface area (Å²) in [6, 6.07) is 1.86. The van der Waals surface area contributed by atoms with Crippen LogP contribution in [0.3, 0.4) is 0 Å². The zero-order valence-electron chi connectivity index (χ0n) is 13.1. The SMILES string of the molecule is CC(NC1CCCC(N)C1)C12CC3CC(CC(C3)C1)C2. The van der Waals surface area contributed by atoms with E-state index in [0.29, 0.717) is 23.5 Å². The molecule has 20 heavy (non-hydrogen) atoms. The van der Waals surface area contributed by atoms with Gasteiger partial charge in [-0.1, -0.05) is 6.42 Å². The average molecular weight is 276 g/mol. The van der Waals surface area contributed by atoms with E-state index in [9.17, 15) is 0 Å². The number of hydrogen-bond acceptors (Lipinski definition) is 2. The van der Waals surface area contributed by atoms with Crippen LogP contribution in [0.1, 0.15) is 71.1 Å². The molecule has 0 spiro atoms. The smallest absolute Gasteiger partial charge is 0.00980 e. The lowest BCUT2D eigenvalue weighted by Gasteiger charge is -2.59. The lowest BCUT2D eigenvalue weighted by atomic mass is 9.48. The molecule has 0 aromatic carbocycles. The number of nitrogens with one attached hydrogen (secondary N) is 1. The van der Waals surface area contributed by atoms with Gasteiger partial charge < -0.3 is 11.1 Å². The zero-order chi connectivity index (χ0) is 13.7. The lowest BCUT2D eigenvalue weighted by Crippen LogP contribution is -2.57. The lowest BCUT2D eigenvalue weighted by molar-refractivity contribution is -0.0728. The van der Waals surface area contributed by atoms with Gasteiger partial charge >= 0.3 is 0 Å². The summed E-state index contributed by atoms with van der Waals surface area (Å²) in [6.45, 7) is 2.49. The summed E-state index contributed by atoms with van der Waals surface area (Å²) < 4.78 is 0. The van der Waals surface area contributed by atoms with Gasteiger partial charge in [-0.25, -0.2) is 0 Å². The van der Waals surface area contributed by atoms with Crippen LogP contribution in [0.2, 0.25) is 0 Å². The highest BCUT2D eigenvalue weighted by Crippen LogP contribution is 2.61. The van der Waals surface area contributed by atoms with Crippen LogP contribution < -0.4 is 11.1 Å². The fourth-order valence-electron chi connectivity index (χ4n) is 6.62. The maximum absolute atomic E-state index is 6.17. The van der Waals surface area contributed by atoms with Gasteiger partial charge in [0.25, 0.3) is 0 Å². The number of nitrogens with two attached hydrogens (primary N) is 1. The Labute approximate surface area is 124 Å². The molecule has 5 aliphatic rings. The molecule has 5 saturated carbocycles. The highest BCUT2D eigenvalue weighted by Gasteiger charge is 2.53. The molecular weight excluding hydrogens is 244 g/mol. The third kappa shape index (κ3) is 2.33. The van der Waals surface area contributed by atoms with E-state index in [-0.39, 0.29) is 0 Å². The summed E-state index contributed by atoms with van der Waals surface area (Å²) in [4.78, 5) is 0. The van der Waals surface area contributed by atoms with E-state index in [1.165, 1.54) is 44.9 Å². The first-order chi connectivity index (χ1) is 9.63. The first kappa shape index (κ1) is 13.6. The molecular formula is C18H32N2. The Hall–Kier alpha value is -0.0800. The molecule has 3 unspecified atom stereocenters. The summed E-state index contributed by atoms with van der Waals surface area (Å²) in [6.07, 6.45) is 14.3. The van der Waals surface area contributed by atoms with Crippen molar-refractivity contribution in [2.45, 2.75) is 89.3 Å². The summed E-state index contributed by atoms with van der Waals surface area (Å²) in [5, 5.41) is 4.03. The van der Waals surface area contributed by atoms with Gasteiger partial charge in [0.05, 0.1) is 0 Å². The van der Waals surface area contributed by atoms with Gasteiger partial charge in [-0.3, -0.25) is 0 Å². The van der Waals surface area contributed by atoms with Crippen LogP contribution in [0.25, 0.3) is 0 Å². The maximum Gasteiger partial charge on any atom is 0.00980 e. The van der Waals surface area contributed by atoms with Gasteiger partial charge in [-0.2, -0.15) is 0 Å². The van der Waals surface area contributed by atoms with E-state index in [2.05, 4.69) is 12.2 Å². The van der Waals surface area contributed by atoms with Crippen LogP contribution in [0, 0.1) is 23.2 Å². The summed E-state index contributed by atoms with van der Waals surface area (Å²) in [7, 11) is 0. The van der Waals surface area contributed by atoms with E-state index in [0.717, 1.165) is 17.8 Å². The van der Waals surface area contributed by atoms with Crippen molar-refractivity contribution < 1.29 is 0 Å². The molecule has 2 nitrogen and oxygen atoms in total. The first-order valence-electron chi connectivity index (χ1n) is 9.14. The predicted molar refractivity (Wildman–Crippen MR) is 83.4 cm³/mol. The number of hydrogen-bond donors (Lipinski definition) is 2. The molecule has 0 aromatic rings. The summed E-state index contributed by atoms with van der Waals surface area (Å²) in [5.74, 6) is 3.21. The fraction of sp³-hybridized carbons (Fsp3) is 1.00. The third-order valence-electron chi connectivity index (χ3n) is 7.20. The normalized spacial score (nSPS) is 52.2. The van der Waals surface area contributed by atoms with E-state index in [4.69, 9.17) is 5.73 Å². The minimum absolute atomic E-state index is 0.449. The van der Waals surface area contributed by atoms with Crippen molar-refractivity contribution in [2.24, 2.45) is 28.9 Å². The molecule has 4 bridgehead atoms. The Morgan fingerprint density at radius 1 is 0.950 bits per heavy atom. The van der Waals surface area contributed by atoms with Crippen molar-refractivity contribution >= 4 is 0 Å². The van der Waals surface area contributed by atoms with Crippen molar-refractivity contribution in [3.05, 3.63) is 0 Å². The Kier molecular flexibility index (Phi) is 3.38. The van der Waals surface area contributed by atoms with Gasteiger partial charge in [-0.15, -0.1) is 0 Å². The Bertz CT molecular complexity index is 329. The van der Waals surface area contributed by atoms with Crippen molar-refractivity contribution in [2.75, 3.05) is 0 Å². The number of rotatable bonds is 3. The van der Waals surface area contributed by atoms with E-state index in [1.54, 1.807) is 19.3 Å². The Morgan fingerprint density at radius 2 is 1.55 bits per heavy atom. The van der Waals surface area contributed by atoms with Crippen molar-refractivity contribution in [3.8, 4) is 0 Å². The van der Waals surface area contributed by atoms with Gasteiger partial charge in [0.1, 0.15) is 0 Å². The maximum atomic E-state index is 6.17. The van der Waals surface area contributed by atoms with Crippen LogP contribution in [0.4, 0.5) is 0 Å². The second-order valence-electron chi connectivity index (χ2n) is 8.79.